The average Bonchev–Trinajstić information content (AvgIpc) is 2.75. The van der Waals surface area contributed by atoms with Crippen molar-refractivity contribution in [2.75, 3.05) is 0 Å². The number of pyridine rings is 1. The van der Waals surface area contributed by atoms with Crippen molar-refractivity contribution in [3.63, 3.8) is 0 Å². The minimum atomic E-state index is 0.0149. The first kappa shape index (κ1) is 12.3. The van der Waals surface area contributed by atoms with Gasteiger partial charge in [0.05, 0.1) is 12.3 Å². The van der Waals surface area contributed by atoms with Gasteiger partial charge in [0.25, 0.3) is 0 Å². The lowest BCUT2D eigenvalue weighted by atomic mass is 10.1. The second-order valence-corrected chi connectivity index (χ2v) is 4.80. The van der Waals surface area contributed by atoms with E-state index in [2.05, 4.69) is 26.3 Å². The Morgan fingerprint density at radius 2 is 2.35 bits per heavy atom. The van der Waals surface area contributed by atoms with Crippen molar-refractivity contribution in [2.45, 2.75) is 19.4 Å². The Balaban J connectivity index is 2.12. The molecule has 2 heterocycles. The van der Waals surface area contributed by atoms with E-state index in [-0.39, 0.29) is 6.04 Å². The van der Waals surface area contributed by atoms with E-state index < -0.39 is 0 Å². The zero-order chi connectivity index (χ0) is 12.3. The molecule has 0 saturated carbocycles. The Bertz CT molecular complexity index is 481. The number of furan rings is 1. The first-order valence-electron chi connectivity index (χ1n) is 5.30. The molecule has 5 heteroatoms. The maximum Gasteiger partial charge on any atom is 0.101 e. The number of hydrogen-bond acceptors (Lipinski definition) is 4. The Morgan fingerprint density at radius 1 is 1.53 bits per heavy atom. The third kappa shape index (κ3) is 3.15. The van der Waals surface area contributed by atoms with Crippen LogP contribution < -0.4 is 11.3 Å². The summed E-state index contributed by atoms with van der Waals surface area (Å²) in [5.41, 5.74) is 4.80. The maximum atomic E-state index is 5.56. The van der Waals surface area contributed by atoms with Crippen LogP contribution in [-0.4, -0.2) is 4.98 Å². The van der Waals surface area contributed by atoms with Crippen LogP contribution in [0.1, 0.15) is 23.1 Å². The summed E-state index contributed by atoms with van der Waals surface area (Å²) in [7, 11) is 0. The quantitative estimate of drug-likeness (QED) is 0.672. The number of nitrogens with zero attached hydrogens (tertiary/aromatic N) is 1. The molecule has 3 N–H and O–H groups in total. The van der Waals surface area contributed by atoms with Crippen LogP contribution in [0.4, 0.5) is 0 Å². The minimum Gasteiger partial charge on any atom is -0.469 e. The van der Waals surface area contributed by atoms with Gasteiger partial charge in [-0.1, -0.05) is 0 Å². The molecular formula is C12H14BrN3O. The van der Waals surface area contributed by atoms with Crippen LogP contribution in [-0.2, 0) is 6.42 Å². The molecule has 4 nitrogen and oxygen atoms in total. The molecule has 0 radical (unpaired) electrons. The molecule has 0 aromatic carbocycles. The smallest absolute Gasteiger partial charge is 0.101 e. The lowest BCUT2D eigenvalue weighted by molar-refractivity contribution is 0.509. The van der Waals surface area contributed by atoms with Crippen LogP contribution in [0, 0.1) is 6.92 Å². The monoisotopic (exact) mass is 295 g/mol. The van der Waals surface area contributed by atoms with Gasteiger partial charge in [0, 0.05) is 28.3 Å². The van der Waals surface area contributed by atoms with E-state index in [0.717, 1.165) is 27.9 Å². The van der Waals surface area contributed by atoms with Crippen LogP contribution in [0.3, 0.4) is 0 Å². The Morgan fingerprint density at radius 3 is 2.88 bits per heavy atom. The molecule has 0 fully saturated rings. The van der Waals surface area contributed by atoms with Crippen molar-refractivity contribution < 1.29 is 4.42 Å². The summed E-state index contributed by atoms with van der Waals surface area (Å²) in [6.45, 7) is 1.91. The van der Waals surface area contributed by atoms with E-state index in [1.165, 1.54) is 0 Å². The van der Waals surface area contributed by atoms with E-state index in [1.54, 1.807) is 12.5 Å². The van der Waals surface area contributed by atoms with Crippen LogP contribution in [0.15, 0.2) is 39.5 Å². The SMILES string of the molecule is Cc1cc(C(Cc2ccc(Br)cn2)NN)co1. The fraction of sp³-hybridized carbons (Fsp3) is 0.250. The normalized spacial score (nSPS) is 12.6. The standard InChI is InChI=1S/C12H14BrN3O/c1-8-4-9(7-17-8)12(16-14)5-11-3-2-10(13)6-15-11/h2-4,6-7,12,16H,5,14H2,1H3. The summed E-state index contributed by atoms with van der Waals surface area (Å²) >= 11 is 3.36. The van der Waals surface area contributed by atoms with Crippen molar-refractivity contribution >= 4 is 15.9 Å². The molecule has 2 aromatic heterocycles. The molecular weight excluding hydrogens is 282 g/mol. The van der Waals surface area contributed by atoms with Crippen molar-refractivity contribution in [1.82, 2.24) is 10.4 Å². The fourth-order valence-corrected chi connectivity index (χ4v) is 1.89. The zero-order valence-corrected chi connectivity index (χ0v) is 11.1. The number of aryl methyl sites for hydroxylation is 1. The predicted molar refractivity (Wildman–Crippen MR) is 69.2 cm³/mol. The lowest BCUT2D eigenvalue weighted by Crippen LogP contribution is -2.29. The first-order valence-corrected chi connectivity index (χ1v) is 6.10. The molecule has 90 valence electrons. The summed E-state index contributed by atoms with van der Waals surface area (Å²) in [5.74, 6) is 6.44. The van der Waals surface area contributed by atoms with Crippen LogP contribution in [0.2, 0.25) is 0 Å². The Hall–Kier alpha value is -1.17. The molecule has 1 atom stereocenters. The molecule has 2 aromatic rings. The lowest BCUT2D eigenvalue weighted by Gasteiger charge is -2.13. The molecule has 1 unspecified atom stereocenters. The molecule has 2 rings (SSSR count). The number of rotatable bonds is 4. The van der Waals surface area contributed by atoms with Crippen LogP contribution in [0.25, 0.3) is 0 Å². The van der Waals surface area contributed by atoms with Crippen molar-refractivity contribution in [2.24, 2.45) is 5.84 Å². The van der Waals surface area contributed by atoms with Gasteiger partial charge in [0.1, 0.15) is 5.76 Å². The molecule has 0 bridgehead atoms. The van der Waals surface area contributed by atoms with E-state index in [4.69, 9.17) is 10.3 Å². The second kappa shape index (κ2) is 5.44. The Labute approximate surface area is 108 Å². The van der Waals surface area contributed by atoms with Crippen LogP contribution >= 0.6 is 15.9 Å². The highest BCUT2D eigenvalue weighted by Crippen LogP contribution is 2.19. The summed E-state index contributed by atoms with van der Waals surface area (Å²) in [5, 5.41) is 0. The zero-order valence-electron chi connectivity index (χ0n) is 9.48. The summed E-state index contributed by atoms with van der Waals surface area (Å²) < 4.78 is 6.25. The first-order chi connectivity index (χ1) is 8.19. The molecule has 0 spiro atoms. The third-order valence-corrected chi connectivity index (χ3v) is 3.03. The second-order valence-electron chi connectivity index (χ2n) is 3.88. The molecule has 0 aliphatic rings. The van der Waals surface area contributed by atoms with Crippen molar-refractivity contribution in [3.05, 3.63) is 52.1 Å². The topological polar surface area (TPSA) is 64.1 Å². The van der Waals surface area contributed by atoms with Crippen LogP contribution in [0.5, 0.6) is 0 Å². The largest absolute Gasteiger partial charge is 0.469 e. The van der Waals surface area contributed by atoms with Crippen molar-refractivity contribution in [1.29, 1.82) is 0 Å². The van der Waals surface area contributed by atoms with E-state index in [1.807, 2.05) is 25.1 Å². The van der Waals surface area contributed by atoms with E-state index >= 15 is 0 Å². The van der Waals surface area contributed by atoms with E-state index in [0.29, 0.717) is 0 Å². The summed E-state index contributed by atoms with van der Waals surface area (Å²) in [6, 6.07) is 5.93. The summed E-state index contributed by atoms with van der Waals surface area (Å²) in [4.78, 5) is 4.33. The third-order valence-electron chi connectivity index (χ3n) is 2.56. The fourth-order valence-electron chi connectivity index (χ4n) is 1.66. The van der Waals surface area contributed by atoms with Gasteiger partial charge in [-0.15, -0.1) is 0 Å². The molecule has 17 heavy (non-hydrogen) atoms. The van der Waals surface area contributed by atoms with Gasteiger partial charge in [-0.05, 0) is 41.1 Å². The number of nitrogens with one attached hydrogen (secondary N) is 1. The molecule has 0 aliphatic carbocycles. The highest BCUT2D eigenvalue weighted by molar-refractivity contribution is 9.10. The average molecular weight is 296 g/mol. The van der Waals surface area contributed by atoms with Gasteiger partial charge in [0.15, 0.2) is 0 Å². The number of aromatic nitrogens is 1. The molecule has 0 aliphatic heterocycles. The van der Waals surface area contributed by atoms with Gasteiger partial charge < -0.3 is 4.42 Å². The van der Waals surface area contributed by atoms with Gasteiger partial charge in [0.2, 0.25) is 0 Å². The number of nitrogens with two attached hydrogens (primary N) is 1. The summed E-state index contributed by atoms with van der Waals surface area (Å²) in [6.07, 6.45) is 4.23. The number of hydrazine groups is 1. The maximum absolute atomic E-state index is 5.56. The number of hydrogen-bond donors (Lipinski definition) is 2. The van der Waals surface area contributed by atoms with Gasteiger partial charge in [-0.25, -0.2) is 0 Å². The molecule has 0 amide bonds. The van der Waals surface area contributed by atoms with Gasteiger partial charge in [-0.2, -0.15) is 0 Å². The predicted octanol–water partition coefficient (Wildman–Crippen LogP) is 2.49. The highest BCUT2D eigenvalue weighted by Gasteiger charge is 2.13. The Kier molecular flexibility index (Phi) is 3.93. The van der Waals surface area contributed by atoms with E-state index in [9.17, 15) is 0 Å². The minimum absolute atomic E-state index is 0.0149. The number of halogens is 1. The van der Waals surface area contributed by atoms with Gasteiger partial charge >= 0.3 is 0 Å². The molecule has 0 saturated heterocycles. The van der Waals surface area contributed by atoms with Gasteiger partial charge in [-0.3, -0.25) is 16.3 Å². The van der Waals surface area contributed by atoms with Crippen molar-refractivity contribution in [3.8, 4) is 0 Å². The highest BCUT2D eigenvalue weighted by atomic mass is 79.9.